The molecule has 8 rings (SSSR count). The molecule has 0 fully saturated rings. The fraction of sp³-hybridized carbons (Fsp3) is 0.159. The highest BCUT2D eigenvalue weighted by Gasteiger charge is 2.26. The lowest BCUT2D eigenvalue weighted by Crippen LogP contribution is -2.13. The van der Waals surface area contributed by atoms with Crippen molar-refractivity contribution in [1.29, 1.82) is 0 Å². The van der Waals surface area contributed by atoms with Gasteiger partial charge in [-0.1, -0.05) is 126 Å². The SMILES string of the molecule is CC(C)c1cccc2cc3c(-c4nc5ccccc5n4-c4c(-c5ccccc5)cc(C(C)(C)C)cc4-c4ccccc4)csc3cc12. The average molecular weight is 627 g/mol. The number of benzene rings is 6. The van der Waals surface area contributed by atoms with Crippen molar-refractivity contribution in [1.82, 2.24) is 9.55 Å². The monoisotopic (exact) mass is 626 g/mol. The van der Waals surface area contributed by atoms with Crippen LogP contribution in [0.4, 0.5) is 0 Å². The molecule has 230 valence electrons. The van der Waals surface area contributed by atoms with E-state index in [-0.39, 0.29) is 5.41 Å². The second kappa shape index (κ2) is 11.4. The van der Waals surface area contributed by atoms with Crippen molar-refractivity contribution in [3.63, 3.8) is 0 Å². The van der Waals surface area contributed by atoms with Gasteiger partial charge < -0.3 is 0 Å². The average Bonchev–Trinajstić information content (AvgIpc) is 3.67. The Morgan fingerprint density at radius 3 is 1.91 bits per heavy atom. The maximum absolute atomic E-state index is 5.42. The van der Waals surface area contributed by atoms with E-state index in [1.54, 1.807) is 0 Å². The van der Waals surface area contributed by atoms with Crippen molar-refractivity contribution in [2.24, 2.45) is 0 Å². The van der Waals surface area contributed by atoms with Crippen molar-refractivity contribution in [3.05, 3.63) is 144 Å². The molecule has 0 bridgehead atoms. The van der Waals surface area contributed by atoms with E-state index in [1.807, 2.05) is 11.3 Å². The molecular weight excluding hydrogens is 589 g/mol. The molecule has 0 spiro atoms. The first-order chi connectivity index (χ1) is 22.8. The van der Waals surface area contributed by atoms with Crippen molar-refractivity contribution < 1.29 is 0 Å². The van der Waals surface area contributed by atoms with Gasteiger partial charge in [0.1, 0.15) is 5.82 Å². The molecule has 2 aromatic heterocycles. The summed E-state index contributed by atoms with van der Waals surface area (Å²) in [4.78, 5) is 5.42. The number of hydrogen-bond donors (Lipinski definition) is 0. The Labute approximate surface area is 281 Å². The third-order valence-electron chi connectivity index (χ3n) is 9.40. The Balaban J connectivity index is 1.50. The van der Waals surface area contributed by atoms with Crippen molar-refractivity contribution in [2.75, 3.05) is 0 Å². The first-order valence-corrected chi connectivity index (χ1v) is 17.4. The van der Waals surface area contributed by atoms with E-state index in [4.69, 9.17) is 4.98 Å². The molecule has 6 aromatic carbocycles. The van der Waals surface area contributed by atoms with E-state index in [9.17, 15) is 0 Å². The summed E-state index contributed by atoms with van der Waals surface area (Å²) in [6.45, 7) is 11.5. The van der Waals surface area contributed by atoms with Gasteiger partial charge in [0, 0.05) is 32.2 Å². The van der Waals surface area contributed by atoms with Crippen LogP contribution in [-0.2, 0) is 5.41 Å². The zero-order valence-corrected chi connectivity index (χ0v) is 28.4. The van der Waals surface area contributed by atoms with E-state index in [1.165, 1.54) is 54.2 Å². The lowest BCUT2D eigenvalue weighted by molar-refractivity contribution is 0.590. The maximum Gasteiger partial charge on any atom is 0.147 e. The molecular formula is C44H38N2S. The van der Waals surface area contributed by atoms with Crippen molar-refractivity contribution >= 4 is 43.2 Å². The highest BCUT2D eigenvalue weighted by molar-refractivity contribution is 7.17. The zero-order chi connectivity index (χ0) is 32.3. The molecule has 47 heavy (non-hydrogen) atoms. The fourth-order valence-corrected chi connectivity index (χ4v) is 7.88. The minimum atomic E-state index is -0.0368. The number of thiophene rings is 1. The first-order valence-electron chi connectivity index (χ1n) is 16.5. The molecule has 0 saturated carbocycles. The number of hydrogen-bond acceptors (Lipinski definition) is 2. The molecule has 0 aliphatic carbocycles. The quantitative estimate of drug-likeness (QED) is 0.186. The second-order valence-electron chi connectivity index (χ2n) is 13.9. The summed E-state index contributed by atoms with van der Waals surface area (Å²) in [5, 5.41) is 6.17. The summed E-state index contributed by atoms with van der Waals surface area (Å²) in [6, 6.07) is 46.6. The summed E-state index contributed by atoms with van der Waals surface area (Å²) in [5.41, 5.74) is 11.9. The van der Waals surface area contributed by atoms with Gasteiger partial charge in [0.25, 0.3) is 0 Å². The van der Waals surface area contributed by atoms with Crippen LogP contribution in [0.1, 0.15) is 51.7 Å². The van der Waals surface area contributed by atoms with E-state index in [0.29, 0.717) is 5.92 Å². The largest absolute Gasteiger partial charge is 0.291 e. The minimum absolute atomic E-state index is 0.0368. The van der Waals surface area contributed by atoms with Gasteiger partial charge in [-0.05, 0) is 80.8 Å². The molecule has 0 atom stereocenters. The van der Waals surface area contributed by atoms with Crippen LogP contribution in [0.25, 0.3) is 71.2 Å². The predicted molar refractivity (Wildman–Crippen MR) is 203 cm³/mol. The number of nitrogens with zero attached hydrogens (tertiary/aromatic N) is 2. The molecule has 2 nitrogen and oxygen atoms in total. The van der Waals surface area contributed by atoms with Gasteiger partial charge in [0.15, 0.2) is 0 Å². The Morgan fingerprint density at radius 1 is 0.638 bits per heavy atom. The lowest BCUT2D eigenvalue weighted by Gasteiger charge is -2.26. The summed E-state index contributed by atoms with van der Waals surface area (Å²) in [6.07, 6.45) is 0. The van der Waals surface area contributed by atoms with Crippen LogP contribution in [-0.4, -0.2) is 9.55 Å². The highest BCUT2D eigenvalue weighted by atomic mass is 32.1. The third kappa shape index (κ3) is 5.06. The lowest BCUT2D eigenvalue weighted by atomic mass is 9.82. The topological polar surface area (TPSA) is 17.8 Å². The van der Waals surface area contributed by atoms with Gasteiger partial charge in [-0.2, -0.15) is 0 Å². The number of rotatable bonds is 5. The van der Waals surface area contributed by atoms with Crippen LogP contribution < -0.4 is 0 Å². The fourth-order valence-electron chi connectivity index (χ4n) is 6.92. The second-order valence-corrected chi connectivity index (χ2v) is 14.8. The van der Waals surface area contributed by atoms with Gasteiger partial charge in [-0.3, -0.25) is 4.57 Å². The van der Waals surface area contributed by atoms with Crippen LogP contribution in [0.3, 0.4) is 0 Å². The van der Waals surface area contributed by atoms with Crippen LogP contribution in [0.5, 0.6) is 0 Å². The standard InChI is InChI=1S/C44H38N2S/c1-28(2)33-20-14-19-31-23-37-38(27-47-41(37)26-34(31)33)43-45-39-21-12-13-22-40(39)46(43)42-35(29-15-8-6-9-16-29)24-32(44(3,4)5)25-36(42)30-17-10-7-11-18-30/h6-28H,1-5H3. The zero-order valence-electron chi connectivity index (χ0n) is 27.6. The molecule has 3 heteroatoms. The van der Waals surface area contributed by atoms with Crippen LogP contribution >= 0.6 is 11.3 Å². The van der Waals surface area contributed by atoms with Crippen LogP contribution in [0.2, 0.25) is 0 Å². The van der Waals surface area contributed by atoms with Gasteiger partial charge in [-0.25, -0.2) is 4.98 Å². The van der Waals surface area contributed by atoms with Crippen molar-refractivity contribution in [3.8, 4) is 39.3 Å². The summed E-state index contributed by atoms with van der Waals surface area (Å²) < 4.78 is 3.72. The third-order valence-corrected chi connectivity index (χ3v) is 10.3. The maximum atomic E-state index is 5.42. The number of para-hydroxylation sites is 2. The predicted octanol–water partition coefficient (Wildman–Crippen LogP) is 12.8. The Kier molecular flexibility index (Phi) is 7.11. The highest BCUT2D eigenvalue weighted by Crippen LogP contribution is 2.45. The van der Waals surface area contributed by atoms with Crippen LogP contribution in [0.15, 0.2) is 133 Å². The Bertz CT molecular complexity index is 2340. The van der Waals surface area contributed by atoms with Gasteiger partial charge in [0.2, 0.25) is 0 Å². The van der Waals surface area contributed by atoms with E-state index < -0.39 is 0 Å². The number of imidazole rings is 1. The summed E-state index contributed by atoms with van der Waals surface area (Å²) in [5.74, 6) is 1.43. The molecule has 0 unspecified atom stereocenters. The molecule has 0 aliphatic rings. The van der Waals surface area contributed by atoms with Gasteiger partial charge in [-0.15, -0.1) is 11.3 Å². The van der Waals surface area contributed by atoms with E-state index in [0.717, 1.165) is 28.1 Å². The Hall–Kier alpha value is -4.99. The van der Waals surface area contributed by atoms with Crippen molar-refractivity contribution in [2.45, 2.75) is 46.0 Å². The minimum Gasteiger partial charge on any atom is -0.291 e. The van der Waals surface area contributed by atoms with E-state index >= 15 is 0 Å². The molecule has 0 N–H and O–H groups in total. The molecule has 0 amide bonds. The molecule has 0 radical (unpaired) electrons. The first kappa shape index (κ1) is 29.4. The molecule has 0 aliphatic heterocycles. The van der Waals surface area contributed by atoms with Crippen LogP contribution in [0, 0.1) is 0 Å². The molecule has 2 heterocycles. The molecule has 8 aromatic rings. The molecule has 0 saturated heterocycles. The van der Waals surface area contributed by atoms with Gasteiger partial charge in [0.05, 0.1) is 16.7 Å². The summed E-state index contributed by atoms with van der Waals surface area (Å²) in [7, 11) is 0. The Morgan fingerprint density at radius 2 is 1.28 bits per heavy atom. The smallest absolute Gasteiger partial charge is 0.147 e. The van der Waals surface area contributed by atoms with Gasteiger partial charge >= 0.3 is 0 Å². The normalized spacial score (nSPS) is 12.1. The number of fused-ring (bicyclic) bond motifs is 3. The number of aromatic nitrogens is 2. The van der Waals surface area contributed by atoms with E-state index in [2.05, 4.69) is 172 Å². The summed E-state index contributed by atoms with van der Waals surface area (Å²) >= 11 is 1.81.